The molecular weight excluding hydrogens is 628 g/mol. The molecule has 0 bridgehead atoms. The molecule has 0 unspecified atom stereocenters. The molecule has 0 saturated carbocycles. The van der Waals surface area contributed by atoms with E-state index < -0.39 is 49.3 Å². The van der Waals surface area contributed by atoms with E-state index in [1.807, 2.05) is 48.5 Å². The normalized spacial score (nSPS) is 24.0. The van der Waals surface area contributed by atoms with Gasteiger partial charge in [0.05, 0.1) is 42.2 Å². The summed E-state index contributed by atoms with van der Waals surface area (Å²) in [5.41, 5.74) is 4.40. The average molecular weight is 661 g/mol. The molecule has 240 valence electrons. The summed E-state index contributed by atoms with van der Waals surface area (Å²) in [4.78, 5) is 13.1. The molecule has 0 spiro atoms. The highest BCUT2D eigenvalue weighted by atomic mass is 35.5. The van der Waals surface area contributed by atoms with Gasteiger partial charge in [-0.15, -0.1) is 0 Å². The largest absolute Gasteiger partial charge is 0.456 e. The number of imidazole rings is 1. The molecule has 4 aromatic rings. The van der Waals surface area contributed by atoms with E-state index in [1.165, 1.54) is 11.9 Å². The Bertz CT molecular complexity index is 1600. The molecule has 4 heterocycles. The van der Waals surface area contributed by atoms with E-state index in [4.69, 9.17) is 30.9 Å². The van der Waals surface area contributed by atoms with E-state index in [1.54, 1.807) is 6.07 Å². The Balaban J connectivity index is 1.06. The van der Waals surface area contributed by atoms with Crippen LogP contribution in [0.1, 0.15) is 0 Å². The topological polar surface area (TPSA) is 203 Å². The van der Waals surface area contributed by atoms with Crippen LogP contribution in [0.2, 0.25) is 5.02 Å². The summed E-state index contributed by atoms with van der Waals surface area (Å²) >= 11 is 7.84. The van der Waals surface area contributed by atoms with Crippen LogP contribution in [0, 0.1) is 0 Å². The summed E-state index contributed by atoms with van der Waals surface area (Å²) < 4.78 is 20.1. The van der Waals surface area contributed by atoms with Crippen molar-refractivity contribution in [3.05, 3.63) is 59.6 Å². The molecule has 2 aromatic carbocycles. The van der Waals surface area contributed by atoms with Gasteiger partial charge in [-0.2, -0.15) is 4.98 Å². The fourth-order valence-corrected chi connectivity index (χ4v) is 6.23. The Kier molecular flexibility index (Phi) is 9.89. The molecule has 8 atom stereocenters. The number of halogens is 1. The molecule has 2 saturated heterocycles. The van der Waals surface area contributed by atoms with Crippen molar-refractivity contribution in [1.29, 1.82) is 0 Å². The molecule has 6 rings (SSSR count). The summed E-state index contributed by atoms with van der Waals surface area (Å²) in [6.07, 6.45) is -8.01. The van der Waals surface area contributed by atoms with Gasteiger partial charge in [-0.1, -0.05) is 48.0 Å². The van der Waals surface area contributed by atoms with E-state index in [0.717, 1.165) is 21.6 Å². The van der Waals surface area contributed by atoms with Gasteiger partial charge in [-0.25, -0.2) is 4.98 Å². The van der Waals surface area contributed by atoms with Crippen molar-refractivity contribution in [1.82, 2.24) is 19.7 Å². The van der Waals surface area contributed by atoms with Gasteiger partial charge in [-0.3, -0.25) is 4.72 Å². The van der Waals surface area contributed by atoms with Crippen LogP contribution in [0.15, 0.2) is 59.5 Å². The minimum Gasteiger partial charge on any atom is -0.456 e. The van der Waals surface area contributed by atoms with Crippen LogP contribution >= 0.6 is 23.5 Å². The lowest BCUT2D eigenvalue weighted by atomic mass is 10.0. The lowest BCUT2D eigenvalue weighted by Crippen LogP contribution is -2.48. The van der Waals surface area contributed by atoms with Gasteiger partial charge in [0, 0.05) is 17.0 Å². The van der Waals surface area contributed by atoms with Gasteiger partial charge in [0.2, 0.25) is 0 Å². The first-order valence-corrected chi connectivity index (χ1v) is 15.5. The number of benzene rings is 2. The molecule has 8 N–H and O–H groups in total. The number of hydrogen-bond acceptors (Lipinski definition) is 13. The van der Waals surface area contributed by atoms with E-state index in [2.05, 4.69) is 19.7 Å². The second kappa shape index (κ2) is 13.9. The third kappa shape index (κ3) is 6.96. The number of rotatable bonds is 12. The Morgan fingerprint density at radius 3 is 2.27 bits per heavy atom. The molecule has 0 radical (unpaired) electrons. The first kappa shape index (κ1) is 32.1. The van der Waals surface area contributed by atoms with Crippen LogP contribution in [0.3, 0.4) is 0 Å². The molecule has 2 fully saturated rings. The summed E-state index contributed by atoms with van der Waals surface area (Å²) in [6.45, 7) is -0.293. The number of nitrogens with zero attached hydrogens (tertiary/aromatic N) is 2. The van der Waals surface area contributed by atoms with Crippen molar-refractivity contribution in [3.8, 4) is 28.4 Å². The quantitative estimate of drug-likeness (QED) is 0.0996. The monoisotopic (exact) mass is 660 g/mol. The van der Waals surface area contributed by atoms with Crippen LogP contribution in [-0.2, 0) is 9.47 Å². The van der Waals surface area contributed by atoms with Crippen LogP contribution in [-0.4, -0.2) is 121 Å². The maximum absolute atomic E-state index is 10.0. The number of pyridine rings is 1. The number of H-pyrrole nitrogens is 1. The number of nitrogens with one attached hydrogen (secondary N) is 2. The maximum atomic E-state index is 10.0. The first-order chi connectivity index (χ1) is 21.7. The number of aliphatic hydroxyl groups excluding tert-OH is 6. The molecule has 2 aliphatic heterocycles. The van der Waals surface area contributed by atoms with Crippen LogP contribution in [0.25, 0.3) is 33.5 Å². The van der Waals surface area contributed by atoms with Crippen molar-refractivity contribution in [2.24, 2.45) is 0 Å². The number of fused-ring (bicyclic) bond motifs is 2. The lowest BCUT2D eigenvalue weighted by Gasteiger charge is -2.25. The molecular formula is C30H33ClN4O9S. The summed E-state index contributed by atoms with van der Waals surface area (Å²) in [5.74, 6) is 0. The molecule has 2 aromatic heterocycles. The Labute approximate surface area is 266 Å². The average Bonchev–Trinajstić information content (AvgIpc) is 3.76. The highest BCUT2D eigenvalue weighted by molar-refractivity contribution is 7.97. The highest BCUT2D eigenvalue weighted by Gasteiger charge is 2.48. The second-order valence-electron chi connectivity index (χ2n) is 10.9. The fourth-order valence-electron chi connectivity index (χ4n) is 5.27. The second-order valence-corrected chi connectivity index (χ2v) is 12.3. The van der Waals surface area contributed by atoms with Crippen molar-refractivity contribution >= 4 is 34.7 Å². The van der Waals surface area contributed by atoms with Gasteiger partial charge in [-0.05, 0) is 41.3 Å². The third-order valence-corrected chi connectivity index (χ3v) is 8.91. The smallest absolute Gasteiger partial charge is 0.296 e. The van der Waals surface area contributed by atoms with E-state index in [-0.39, 0.29) is 31.9 Å². The summed E-state index contributed by atoms with van der Waals surface area (Å²) in [5, 5.41) is 58.4. The SMILES string of the molecule is OC[C@@H](O)[C@@H](O)[C@H](O)[C@@H](O)CNSc1ccc(-c2ccc(-c3nc4nc(O[C@@H]5CO[C@H]6[C@@H]5OC[C@H]6O)[nH]c4cc3Cl)cc2)cc1. The Hall–Kier alpha value is -2.86. The van der Waals surface area contributed by atoms with Crippen molar-refractivity contribution in [3.63, 3.8) is 0 Å². The zero-order chi connectivity index (χ0) is 31.7. The van der Waals surface area contributed by atoms with E-state index in [0.29, 0.717) is 21.9 Å². The van der Waals surface area contributed by atoms with Gasteiger partial charge < -0.3 is 49.8 Å². The Morgan fingerprint density at radius 2 is 1.56 bits per heavy atom. The zero-order valence-corrected chi connectivity index (χ0v) is 25.3. The van der Waals surface area contributed by atoms with E-state index >= 15 is 0 Å². The summed E-state index contributed by atoms with van der Waals surface area (Å²) in [7, 11) is 0. The standard InChI is InChI=1S/C30H33ClN4O9S/c31-18-9-19-29(35-30(33-19)44-23-13-43-27-22(39)12-42-28(23)27)34-24(18)16-3-1-14(2-4-16)15-5-7-17(8-6-15)45-32-10-20(37)25(40)26(41)21(38)11-36/h1-9,20-23,25-28,32,36-41H,10-13H2,(H,33,34,35)/t20-,21+,22+,23+,25+,26+,27+,28+/m0/s1. The van der Waals surface area contributed by atoms with Crippen molar-refractivity contribution in [2.75, 3.05) is 26.4 Å². The van der Waals surface area contributed by atoms with Crippen LogP contribution < -0.4 is 9.46 Å². The molecule has 0 amide bonds. The lowest BCUT2D eigenvalue weighted by molar-refractivity contribution is -0.113. The maximum Gasteiger partial charge on any atom is 0.296 e. The number of aliphatic hydroxyl groups is 6. The van der Waals surface area contributed by atoms with Gasteiger partial charge in [0.1, 0.15) is 36.6 Å². The Morgan fingerprint density at radius 1 is 0.911 bits per heavy atom. The molecule has 0 aliphatic carbocycles. The van der Waals surface area contributed by atoms with Crippen LogP contribution in [0.4, 0.5) is 0 Å². The summed E-state index contributed by atoms with van der Waals surface area (Å²) in [6, 6.07) is 17.5. The minimum absolute atomic E-state index is 0.0599. The highest BCUT2D eigenvalue weighted by Crippen LogP contribution is 2.33. The fraction of sp³-hybridized carbons (Fsp3) is 0.400. The number of ether oxygens (including phenoxy) is 3. The van der Waals surface area contributed by atoms with Crippen molar-refractivity contribution < 1.29 is 44.8 Å². The van der Waals surface area contributed by atoms with Crippen LogP contribution in [0.5, 0.6) is 6.01 Å². The molecule has 45 heavy (non-hydrogen) atoms. The number of aromatic amines is 1. The predicted octanol–water partition coefficient (Wildman–Crippen LogP) is 0.884. The van der Waals surface area contributed by atoms with E-state index in [9.17, 15) is 25.5 Å². The van der Waals surface area contributed by atoms with Gasteiger partial charge in [0.15, 0.2) is 11.8 Å². The van der Waals surface area contributed by atoms with Gasteiger partial charge in [0.25, 0.3) is 6.01 Å². The van der Waals surface area contributed by atoms with Crippen molar-refractivity contribution in [2.45, 2.75) is 53.7 Å². The molecule has 13 nitrogen and oxygen atoms in total. The third-order valence-electron chi connectivity index (χ3n) is 7.80. The zero-order valence-electron chi connectivity index (χ0n) is 23.7. The van der Waals surface area contributed by atoms with Gasteiger partial charge >= 0.3 is 0 Å². The number of hydrogen-bond donors (Lipinski definition) is 8. The minimum atomic E-state index is -1.67. The predicted molar refractivity (Wildman–Crippen MR) is 165 cm³/mol. The first-order valence-electron chi connectivity index (χ1n) is 14.3. The number of aromatic nitrogens is 3. The molecule has 15 heteroatoms. The molecule has 2 aliphatic rings.